The average molecular weight is 388 g/mol. The molecule has 0 aromatic rings. The Labute approximate surface area is 159 Å². The molecule has 0 aromatic carbocycles. The van der Waals surface area contributed by atoms with E-state index in [1.807, 2.05) is 0 Å². The third-order valence-electron chi connectivity index (χ3n) is 4.21. The number of carboxylic acids is 2. The highest BCUT2D eigenvalue weighted by Crippen LogP contribution is 2.13. The Balaban J connectivity index is 5.10. The number of carbonyl (C=O) groups is 4. The van der Waals surface area contributed by atoms with Crippen molar-refractivity contribution in [3.8, 4) is 0 Å². The van der Waals surface area contributed by atoms with Gasteiger partial charge in [-0.1, -0.05) is 20.3 Å². The molecule has 0 aliphatic rings. The molecule has 0 heterocycles. The second kappa shape index (κ2) is 12.2. The summed E-state index contributed by atoms with van der Waals surface area (Å²) in [7, 11) is 1.45. The predicted molar refractivity (Wildman–Crippen MR) is 98.7 cm³/mol. The summed E-state index contributed by atoms with van der Waals surface area (Å²) in [5, 5.41) is 20.2. The van der Waals surface area contributed by atoms with E-state index in [1.165, 1.54) is 11.9 Å². The van der Waals surface area contributed by atoms with Gasteiger partial charge in [0.15, 0.2) is 0 Å². The molecule has 0 aliphatic heterocycles. The molecule has 10 nitrogen and oxygen atoms in total. The van der Waals surface area contributed by atoms with Crippen LogP contribution in [-0.4, -0.2) is 70.6 Å². The van der Waals surface area contributed by atoms with Gasteiger partial charge in [-0.15, -0.1) is 0 Å². The quantitative estimate of drug-likeness (QED) is 0.259. The van der Waals surface area contributed by atoms with Gasteiger partial charge >= 0.3 is 11.9 Å². The Morgan fingerprint density at radius 1 is 1.07 bits per heavy atom. The van der Waals surface area contributed by atoms with E-state index >= 15 is 0 Å². The molecular formula is C17H32N4O6. The molecule has 0 radical (unpaired) electrons. The van der Waals surface area contributed by atoms with E-state index in [4.69, 9.17) is 16.6 Å². The number of likely N-dealkylation sites (N-methyl/N-ethyl adjacent to an activating group) is 1. The molecule has 0 saturated carbocycles. The van der Waals surface area contributed by atoms with Gasteiger partial charge in [0.1, 0.15) is 12.1 Å². The SMILES string of the molecule is CC(C)[C@@H](C(=O)N[C@@H](CCC(=O)O)C(=O)O)N(C)C(=O)[C@@H](N)CCCCN. The number of unbranched alkanes of at least 4 members (excludes halogenated alkanes) is 1. The Morgan fingerprint density at radius 3 is 2.11 bits per heavy atom. The molecule has 0 bridgehead atoms. The number of hydrogen-bond acceptors (Lipinski definition) is 6. The van der Waals surface area contributed by atoms with Gasteiger partial charge < -0.3 is 31.9 Å². The fraction of sp³-hybridized carbons (Fsp3) is 0.765. The normalized spacial score (nSPS) is 14.3. The Hall–Kier alpha value is -2.20. The van der Waals surface area contributed by atoms with Crippen molar-refractivity contribution in [1.82, 2.24) is 10.2 Å². The Morgan fingerprint density at radius 2 is 1.67 bits per heavy atom. The maximum absolute atomic E-state index is 12.6. The molecule has 0 saturated heterocycles. The van der Waals surface area contributed by atoms with Gasteiger partial charge in [-0.25, -0.2) is 4.79 Å². The number of hydrogen-bond donors (Lipinski definition) is 5. The topological polar surface area (TPSA) is 176 Å². The van der Waals surface area contributed by atoms with Crippen LogP contribution in [0.25, 0.3) is 0 Å². The lowest BCUT2D eigenvalue weighted by Gasteiger charge is -2.32. The molecule has 27 heavy (non-hydrogen) atoms. The minimum atomic E-state index is -1.35. The third-order valence-corrected chi connectivity index (χ3v) is 4.21. The molecule has 3 atom stereocenters. The zero-order valence-electron chi connectivity index (χ0n) is 16.2. The maximum Gasteiger partial charge on any atom is 0.326 e. The minimum absolute atomic E-state index is 0.252. The Bertz CT molecular complexity index is 526. The first-order chi connectivity index (χ1) is 12.5. The van der Waals surface area contributed by atoms with Crippen molar-refractivity contribution in [3.63, 3.8) is 0 Å². The molecule has 156 valence electrons. The van der Waals surface area contributed by atoms with E-state index in [-0.39, 0.29) is 12.3 Å². The molecule has 0 fully saturated rings. The van der Waals surface area contributed by atoms with Crippen LogP contribution in [0.1, 0.15) is 46.0 Å². The number of nitrogens with two attached hydrogens (primary N) is 2. The van der Waals surface area contributed by atoms with Crippen LogP contribution in [-0.2, 0) is 19.2 Å². The second-order valence-electron chi connectivity index (χ2n) is 6.86. The monoisotopic (exact) mass is 388 g/mol. The van der Waals surface area contributed by atoms with Crippen molar-refractivity contribution in [2.75, 3.05) is 13.6 Å². The zero-order chi connectivity index (χ0) is 21.1. The van der Waals surface area contributed by atoms with Crippen LogP contribution >= 0.6 is 0 Å². The summed E-state index contributed by atoms with van der Waals surface area (Å²) in [6.07, 6.45) is 1.21. The first kappa shape index (κ1) is 24.8. The number of aliphatic carboxylic acids is 2. The molecule has 0 unspecified atom stereocenters. The number of nitrogens with one attached hydrogen (secondary N) is 1. The fourth-order valence-corrected chi connectivity index (χ4v) is 2.74. The lowest BCUT2D eigenvalue weighted by molar-refractivity contribution is -0.146. The van der Waals surface area contributed by atoms with E-state index in [0.29, 0.717) is 19.4 Å². The predicted octanol–water partition coefficient (Wildman–Crippen LogP) is -0.640. The summed E-state index contributed by atoms with van der Waals surface area (Å²) >= 11 is 0. The molecule has 0 aromatic heterocycles. The van der Waals surface area contributed by atoms with Crippen LogP contribution in [0.3, 0.4) is 0 Å². The van der Waals surface area contributed by atoms with Gasteiger partial charge in [0, 0.05) is 13.5 Å². The first-order valence-electron chi connectivity index (χ1n) is 9.00. The molecule has 2 amide bonds. The minimum Gasteiger partial charge on any atom is -0.481 e. The molecule has 0 rings (SSSR count). The largest absolute Gasteiger partial charge is 0.481 e. The van der Waals surface area contributed by atoms with Crippen LogP contribution in [0.5, 0.6) is 0 Å². The Kier molecular flexibility index (Phi) is 11.2. The van der Waals surface area contributed by atoms with Crippen LogP contribution < -0.4 is 16.8 Å². The molecule has 7 N–H and O–H groups in total. The van der Waals surface area contributed by atoms with Crippen molar-refractivity contribution in [3.05, 3.63) is 0 Å². The summed E-state index contributed by atoms with van der Waals surface area (Å²) in [6.45, 7) is 3.95. The second-order valence-corrected chi connectivity index (χ2v) is 6.86. The molecular weight excluding hydrogens is 356 g/mol. The fourth-order valence-electron chi connectivity index (χ4n) is 2.74. The number of carbonyl (C=O) groups excluding carboxylic acids is 2. The van der Waals surface area contributed by atoms with E-state index in [9.17, 15) is 24.3 Å². The first-order valence-corrected chi connectivity index (χ1v) is 9.00. The lowest BCUT2D eigenvalue weighted by atomic mass is 9.99. The summed E-state index contributed by atoms with van der Waals surface area (Å²) < 4.78 is 0. The number of nitrogens with zero attached hydrogens (tertiary/aromatic N) is 1. The van der Waals surface area contributed by atoms with E-state index in [1.54, 1.807) is 13.8 Å². The third kappa shape index (κ3) is 8.83. The summed E-state index contributed by atoms with van der Waals surface area (Å²) in [6, 6.07) is -3.06. The summed E-state index contributed by atoms with van der Waals surface area (Å²) in [5.41, 5.74) is 11.3. The smallest absolute Gasteiger partial charge is 0.326 e. The highest BCUT2D eigenvalue weighted by Gasteiger charge is 2.34. The van der Waals surface area contributed by atoms with Crippen molar-refractivity contribution in [2.45, 2.75) is 64.1 Å². The van der Waals surface area contributed by atoms with E-state index < -0.39 is 48.3 Å². The van der Waals surface area contributed by atoms with E-state index in [2.05, 4.69) is 5.32 Å². The summed E-state index contributed by atoms with van der Waals surface area (Å²) in [4.78, 5) is 48.3. The van der Waals surface area contributed by atoms with Crippen molar-refractivity contribution in [2.24, 2.45) is 17.4 Å². The van der Waals surface area contributed by atoms with Gasteiger partial charge in [-0.2, -0.15) is 0 Å². The highest BCUT2D eigenvalue weighted by molar-refractivity contribution is 5.92. The average Bonchev–Trinajstić information content (AvgIpc) is 2.57. The van der Waals surface area contributed by atoms with Crippen LogP contribution in [0.2, 0.25) is 0 Å². The van der Waals surface area contributed by atoms with Gasteiger partial charge in [0.05, 0.1) is 6.04 Å². The standard InChI is InChI=1S/C17H32N4O6/c1-10(2)14(21(3)16(25)11(19)6-4-5-9-18)15(24)20-12(17(26)27)7-8-13(22)23/h10-12,14H,4-9,18-19H2,1-3H3,(H,20,24)(H,22,23)(H,26,27)/t11-,12-,14-/m0/s1. The zero-order valence-corrected chi connectivity index (χ0v) is 16.2. The van der Waals surface area contributed by atoms with Gasteiger partial charge in [0.25, 0.3) is 0 Å². The van der Waals surface area contributed by atoms with Crippen LogP contribution in [0, 0.1) is 5.92 Å². The molecule has 0 aliphatic carbocycles. The maximum atomic E-state index is 12.6. The lowest BCUT2D eigenvalue weighted by Crippen LogP contribution is -2.56. The van der Waals surface area contributed by atoms with Gasteiger partial charge in [-0.05, 0) is 31.7 Å². The highest BCUT2D eigenvalue weighted by atomic mass is 16.4. The van der Waals surface area contributed by atoms with Crippen molar-refractivity contribution < 1.29 is 29.4 Å². The summed E-state index contributed by atoms with van der Waals surface area (Å²) in [5.74, 6) is -3.87. The van der Waals surface area contributed by atoms with Crippen molar-refractivity contribution >= 4 is 23.8 Å². The van der Waals surface area contributed by atoms with E-state index in [0.717, 1.165) is 6.42 Å². The number of amides is 2. The molecule has 10 heteroatoms. The van der Waals surface area contributed by atoms with Crippen LogP contribution in [0.15, 0.2) is 0 Å². The van der Waals surface area contributed by atoms with Gasteiger partial charge in [-0.3, -0.25) is 14.4 Å². The molecule has 0 spiro atoms. The van der Waals surface area contributed by atoms with Crippen molar-refractivity contribution in [1.29, 1.82) is 0 Å². The van der Waals surface area contributed by atoms with Crippen LogP contribution in [0.4, 0.5) is 0 Å². The number of carboxylic acid groups (broad SMARTS) is 2. The van der Waals surface area contributed by atoms with Gasteiger partial charge in [0.2, 0.25) is 11.8 Å². The number of rotatable bonds is 13.